The van der Waals surface area contributed by atoms with Crippen LogP contribution in [0.1, 0.15) is 12.0 Å². The Hall–Kier alpha value is -2.03. The molecule has 1 aliphatic rings. The number of rotatable bonds is 5. The summed E-state index contributed by atoms with van der Waals surface area (Å²) in [6.07, 6.45) is 1.19. The van der Waals surface area contributed by atoms with E-state index in [4.69, 9.17) is 11.6 Å². The van der Waals surface area contributed by atoms with Crippen molar-refractivity contribution in [1.82, 2.24) is 0 Å². The van der Waals surface area contributed by atoms with Crippen LogP contribution in [0.2, 0.25) is 5.02 Å². The number of fused-ring (bicyclic) bond motifs is 1. The van der Waals surface area contributed by atoms with Crippen molar-refractivity contribution in [2.24, 2.45) is 0 Å². The molecule has 1 atom stereocenters. The molecule has 0 aliphatic carbocycles. The molecule has 0 saturated heterocycles. The van der Waals surface area contributed by atoms with E-state index in [1.807, 2.05) is 6.07 Å². The maximum Gasteiger partial charge on any atom is 0.238 e. The van der Waals surface area contributed by atoms with Gasteiger partial charge in [-0.1, -0.05) is 23.7 Å². The molecule has 0 bridgehead atoms. The molecule has 1 heterocycles. The predicted octanol–water partition coefficient (Wildman–Crippen LogP) is 3.33. The topological polar surface area (TPSA) is 92.3 Å². The van der Waals surface area contributed by atoms with Crippen molar-refractivity contribution in [2.75, 3.05) is 16.9 Å². The predicted molar refractivity (Wildman–Crippen MR) is 108 cm³/mol. The summed E-state index contributed by atoms with van der Waals surface area (Å²) in [5, 5.41) is 5.49. The van der Waals surface area contributed by atoms with Crippen molar-refractivity contribution in [1.29, 1.82) is 0 Å². The lowest BCUT2D eigenvalue weighted by molar-refractivity contribution is -0.120. The highest BCUT2D eigenvalue weighted by atomic mass is 35.5. The van der Waals surface area contributed by atoms with Crippen molar-refractivity contribution in [3.8, 4) is 0 Å². The van der Waals surface area contributed by atoms with Crippen molar-refractivity contribution in [3.05, 3.63) is 53.1 Å². The van der Waals surface area contributed by atoms with Gasteiger partial charge < -0.3 is 10.6 Å². The summed E-state index contributed by atoms with van der Waals surface area (Å²) in [5.74, 6) is -0.590. The first-order chi connectivity index (χ1) is 12.7. The quantitative estimate of drug-likeness (QED) is 0.768. The van der Waals surface area contributed by atoms with E-state index in [9.17, 15) is 18.0 Å². The van der Waals surface area contributed by atoms with E-state index in [0.29, 0.717) is 22.0 Å². The van der Waals surface area contributed by atoms with Gasteiger partial charge in [0.2, 0.25) is 11.8 Å². The van der Waals surface area contributed by atoms with E-state index in [0.717, 1.165) is 4.90 Å². The minimum absolute atomic E-state index is 0.0175. The van der Waals surface area contributed by atoms with Crippen LogP contribution in [0.25, 0.3) is 0 Å². The number of nitrogens with one attached hydrogen (secondary N) is 2. The molecule has 0 spiro atoms. The Labute approximate surface area is 166 Å². The monoisotopic (exact) mass is 424 g/mol. The van der Waals surface area contributed by atoms with E-state index in [1.54, 1.807) is 36.4 Å². The van der Waals surface area contributed by atoms with Crippen LogP contribution in [0, 0.1) is 0 Å². The Kier molecular flexibility index (Phi) is 5.78. The summed E-state index contributed by atoms with van der Waals surface area (Å²) in [7, 11) is -3.11. The number of anilines is 2. The molecule has 9 heteroatoms. The minimum atomic E-state index is -3.11. The zero-order chi connectivity index (χ0) is 19.6. The third kappa shape index (κ3) is 5.47. The maximum atomic E-state index is 12.3. The van der Waals surface area contributed by atoms with Gasteiger partial charge in [-0.05, 0) is 35.9 Å². The van der Waals surface area contributed by atoms with Gasteiger partial charge in [-0.15, -0.1) is 11.8 Å². The molecule has 3 rings (SSSR count). The molecule has 1 unspecified atom stereocenters. The second-order valence-corrected chi connectivity index (χ2v) is 10.1. The molecule has 2 aromatic rings. The normalized spacial score (nSPS) is 16.4. The third-order valence-electron chi connectivity index (χ3n) is 3.80. The fraction of sp³-hybridized carbons (Fsp3) is 0.222. The number of carbonyl (C=O) groups is 2. The van der Waals surface area contributed by atoms with Gasteiger partial charge in [0, 0.05) is 28.3 Å². The number of sulfone groups is 1. The fourth-order valence-corrected chi connectivity index (χ4v) is 4.69. The van der Waals surface area contributed by atoms with Crippen molar-refractivity contribution >= 4 is 56.4 Å². The Morgan fingerprint density at radius 2 is 1.93 bits per heavy atom. The molecular formula is C18H17ClN2O4S2. The second kappa shape index (κ2) is 7.92. The fourth-order valence-electron chi connectivity index (χ4n) is 2.62. The lowest BCUT2D eigenvalue weighted by atomic mass is 10.2. The summed E-state index contributed by atoms with van der Waals surface area (Å²) in [4.78, 5) is 25.4. The summed E-state index contributed by atoms with van der Waals surface area (Å²) in [5.41, 5.74) is 1.84. The van der Waals surface area contributed by atoms with E-state index in [1.165, 1.54) is 18.0 Å². The van der Waals surface area contributed by atoms with Gasteiger partial charge >= 0.3 is 0 Å². The van der Waals surface area contributed by atoms with E-state index in [2.05, 4.69) is 10.6 Å². The second-order valence-electron chi connectivity index (χ2n) is 6.26. The number of benzene rings is 2. The number of hydrogen-bond acceptors (Lipinski definition) is 5. The molecule has 2 aromatic carbocycles. The standard InChI is InChI=1S/C18H17ClN2O4S2/c1-27(24,25)10-11-2-5-13(6-3-11)20-17(22)9-16-18(23)21-14-8-12(19)4-7-15(14)26-16/h2-8,16H,9-10H2,1H3,(H,20,22)(H,21,23). The third-order valence-corrected chi connectivity index (χ3v) is 6.17. The number of carbonyl (C=O) groups excluding carboxylic acids is 2. The van der Waals surface area contributed by atoms with Crippen LogP contribution >= 0.6 is 23.4 Å². The SMILES string of the molecule is CS(=O)(=O)Cc1ccc(NC(=O)CC2Sc3ccc(Cl)cc3NC2=O)cc1. The van der Waals surface area contributed by atoms with E-state index >= 15 is 0 Å². The molecule has 0 radical (unpaired) electrons. The minimum Gasteiger partial charge on any atom is -0.326 e. The van der Waals surface area contributed by atoms with Gasteiger partial charge in [0.15, 0.2) is 9.84 Å². The molecule has 2 amide bonds. The van der Waals surface area contributed by atoms with E-state index < -0.39 is 15.1 Å². The molecule has 2 N–H and O–H groups in total. The van der Waals surface area contributed by atoms with Gasteiger partial charge in [-0.3, -0.25) is 9.59 Å². The molecule has 0 fully saturated rings. The van der Waals surface area contributed by atoms with E-state index in [-0.39, 0.29) is 24.0 Å². The average molecular weight is 425 g/mol. The largest absolute Gasteiger partial charge is 0.326 e. The highest BCUT2D eigenvalue weighted by molar-refractivity contribution is 8.01. The summed E-state index contributed by atoms with van der Waals surface area (Å²) >= 11 is 7.25. The van der Waals surface area contributed by atoms with Gasteiger partial charge in [0.25, 0.3) is 0 Å². The number of amides is 2. The molecule has 6 nitrogen and oxygen atoms in total. The highest BCUT2D eigenvalue weighted by Gasteiger charge is 2.29. The number of hydrogen-bond donors (Lipinski definition) is 2. The van der Waals surface area contributed by atoms with Crippen molar-refractivity contribution < 1.29 is 18.0 Å². The van der Waals surface area contributed by atoms with Crippen molar-refractivity contribution in [2.45, 2.75) is 22.3 Å². The molecular weight excluding hydrogens is 408 g/mol. The van der Waals surface area contributed by atoms with Crippen LogP contribution in [0.15, 0.2) is 47.4 Å². The zero-order valence-corrected chi connectivity index (χ0v) is 16.7. The van der Waals surface area contributed by atoms with Crippen LogP contribution in [-0.2, 0) is 25.2 Å². The average Bonchev–Trinajstić information content (AvgIpc) is 2.56. The summed E-state index contributed by atoms with van der Waals surface area (Å²) < 4.78 is 22.6. The van der Waals surface area contributed by atoms with Crippen LogP contribution in [0.4, 0.5) is 11.4 Å². The Morgan fingerprint density at radius 1 is 1.22 bits per heavy atom. The smallest absolute Gasteiger partial charge is 0.238 e. The first kappa shape index (κ1) is 19.7. The van der Waals surface area contributed by atoms with Crippen LogP contribution < -0.4 is 10.6 Å². The van der Waals surface area contributed by atoms with Gasteiger partial charge in [-0.25, -0.2) is 8.42 Å². The van der Waals surface area contributed by atoms with Crippen LogP contribution in [0.5, 0.6) is 0 Å². The molecule has 27 heavy (non-hydrogen) atoms. The molecule has 0 saturated carbocycles. The molecule has 0 aromatic heterocycles. The number of halogens is 1. The first-order valence-corrected chi connectivity index (χ1v) is 11.3. The zero-order valence-electron chi connectivity index (χ0n) is 14.4. The van der Waals surface area contributed by atoms with Crippen molar-refractivity contribution in [3.63, 3.8) is 0 Å². The highest BCUT2D eigenvalue weighted by Crippen LogP contribution is 2.38. The Bertz CT molecular complexity index is 991. The van der Waals surface area contributed by atoms with Crippen LogP contribution in [-0.4, -0.2) is 31.7 Å². The van der Waals surface area contributed by atoms with Gasteiger partial charge in [0.05, 0.1) is 16.7 Å². The Balaban J connectivity index is 1.61. The number of thioether (sulfide) groups is 1. The maximum absolute atomic E-state index is 12.3. The van der Waals surface area contributed by atoms with Gasteiger partial charge in [-0.2, -0.15) is 0 Å². The lowest BCUT2D eigenvalue weighted by Crippen LogP contribution is -2.32. The summed E-state index contributed by atoms with van der Waals surface area (Å²) in [6.45, 7) is 0. The Morgan fingerprint density at radius 3 is 2.59 bits per heavy atom. The van der Waals surface area contributed by atoms with Gasteiger partial charge in [0.1, 0.15) is 0 Å². The van der Waals surface area contributed by atoms with Crippen LogP contribution in [0.3, 0.4) is 0 Å². The lowest BCUT2D eigenvalue weighted by Gasteiger charge is -2.23. The molecule has 142 valence electrons. The molecule has 1 aliphatic heterocycles. The summed E-state index contributed by atoms with van der Waals surface area (Å²) in [6, 6.07) is 11.8. The first-order valence-electron chi connectivity index (χ1n) is 8.03.